The fraction of sp³-hybridized carbons (Fsp3) is 0.364. The van der Waals surface area contributed by atoms with Crippen LogP contribution in [0.25, 0.3) is 10.2 Å². The van der Waals surface area contributed by atoms with E-state index in [-0.39, 0.29) is 17.5 Å². The highest BCUT2D eigenvalue weighted by Crippen LogP contribution is 2.29. The molecule has 0 aliphatic carbocycles. The average molecular weight is 347 g/mol. The van der Waals surface area contributed by atoms with Crippen LogP contribution in [0.3, 0.4) is 0 Å². The maximum absolute atomic E-state index is 11.4. The van der Waals surface area contributed by atoms with Gasteiger partial charge in [-0.05, 0) is 24.6 Å². The average Bonchev–Trinajstić information content (AvgIpc) is 2.81. The number of nitrogens with zero attached hydrogens (tertiary/aromatic N) is 1. The number of fused-ring (bicyclic) bond motifs is 1. The molecule has 1 aromatic carbocycles. The predicted molar refractivity (Wildman–Crippen MR) is 78.0 cm³/mol. The summed E-state index contributed by atoms with van der Waals surface area (Å²) in [6.07, 6.45) is 0.669. The maximum atomic E-state index is 11.4. The van der Waals surface area contributed by atoms with Gasteiger partial charge in [0.05, 0.1) is 21.7 Å². The zero-order valence-corrected chi connectivity index (χ0v) is 12.6. The zero-order chi connectivity index (χ0) is 12.8. The molecule has 1 unspecified atom stereocenters. The first-order chi connectivity index (χ1) is 8.52. The number of halogens is 1. The van der Waals surface area contributed by atoms with Crippen molar-refractivity contribution >= 4 is 52.5 Å². The van der Waals surface area contributed by atoms with Crippen molar-refractivity contribution in [2.75, 3.05) is 16.8 Å². The van der Waals surface area contributed by atoms with Gasteiger partial charge in [-0.15, -0.1) is 0 Å². The van der Waals surface area contributed by atoms with Crippen molar-refractivity contribution in [3.8, 4) is 0 Å². The van der Waals surface area contributed by atoms with E-state index in [9.17, 15) is 8.42 Å². The third-order valence-electron chi connectivity index (χ3n) is 2.91. The number of hydrogen-bond donors (Lipinski definition) is 1. The fourth-order valence-electron chi connectivity index (χ4n) is 2.04. The van der Waals surface area contributed by atoms with Gasteiger partial charge in [0.15, 0.2) is 15.0 Å². The van der Waals surface area contributed by atoms with Gasteiger partial charge in [-0.3, -0.25) is 0 Å². The summed E-state index contributed by atoms with van der Waals surface area (Å²) in [5.41, 5.74) is 0.937. The Labute approximate surface area is 117 Å². The Morgan fingerprint density at radius 2 is 2.28 bits per heavy atom. The van der Waals surface area contributed by atoms with E-state index < -0.39 is 9.84 Å². The number of hydrogen-bond acceptors (Lipinski definition) is 5. The SMILES string of the molecule is O=S1(=O)CCC(Nc2nc3ccc(Br)cc3s2)C1. The van der Waals surface area contributed by atoms with Crippen molar-refractivity contribution in [3.05, 3.63) is 22.7 Å². The minimum absolute atomic E-state index is 0.000923. The standard InChI is InChI=1S/C11H11BrN2O2S2/c12-7-1-2-9-10(5-7)17-11(14-9)13-8-3-4-18(15,16)6-8/h1-2,5,8H,3-4,6H2,(H,13,14). The smallest absolute Gasteiger partial charge is 0.184 e. The molecule has 1 N–H and O–H groups in total. The van der Waals surface area contributed by atoms with Crippen molar-refractivity contribution in [2.45, 2.75) is 12.5 Å². The Morgan fingerprint density at radius 1 is 1.44 bits per heavy atom. The lowest BCUT2D eigenvalue weighted by molar-refractivity contribution is 0.602. The van der Waals surface area contributed by atoms with Crippen LogP contribution in [-0.4, -0.2) is 30.9 Å². The van der Waals surface area contributed by atoms with E-state index in [1.807, 2.05) is 18.2 Å². The molecule has 1 aromatic heterocycles. The number of anilines is 1. The molecule has 0 bridgehead atoms. The minimum atomic E-state index is -2.85. The Balaban J connectivity index is 1.83. The van der Waals surface area contributed by atoms with Crippen LogP contribution in [-0.2, 0) is 9.84 Å². The highest BCUT2D eigenvalue weighted by atomic mass is 79.9. The molecule has 3 rings (SSSR count). The van der Waals surface area contributed by atoms with E-state index in [2.05, 4.69) is 26.2 Å². The van der Waals surface area contributed by atoms with Gasteiger partial charge in [0, 0.05) is 10.5 Å². The Hall–Kier alpha value is -0.660. The summed E-state index contributed by atoms with van der Waals surface area (Å²) in [6, 6.07) is 5.92. The number of thiazole rings is 1. The maximum Gasteiger partial charge on any atom is 0.184 e. The van der Waals surface area contributed by atoms with E-state index in [1.165, 1.54) is 0 Å². The van der Waals surface area contributed by atoms with E-state index in [0.717, 1.165) is 19.8 Å². The van der Waals surface area contributed by atoms with Gasteiger partial charge in [0.2, 0.25) is 0 Å². The van der Waals surface area contributed by atoms with Crippen molar-refractivity contribution in [1.82, 2.24) is 4.98 Å². The second kappa shape index (κ2) is 4.47. The van der Waals surface area contributed by atoms with Gasteiger partial charge < -0.3 is 5.32 Å². The molecule has 2 heterocycles. The van der Waals surface area contributed by atoms with Gasteiger partial charge in [-0.1, -0.05) is 27.3 Å². The summed E-state index contributed by atoms with van der Waals surface area (Å²) < 4.78 is 24.9. The van der Waals surface area contributed by atoms with Gasteiger partial charge in [-0.25, -0.2) is 13.4 Å². The molecule has 0 amide bonds. The van der Waals surface area contributed by atoms with E-state index in [4.69, 9.17) is 0 Å². The first kappa shape index (κ1) is 12.4. The molecular weight excluding hydrogens is 336 g/mol. The molecule has 4 nitrogen and oxygen atoms in total. The van der Waals surface area contributed by atoms with E-state index in [1.54, 1.807) is 11.3 Å². The second-order valence-electron chi connectivity index (χ2n) is 4.38. The van der Waals surface area contributed by atoms with Crippen molar-refractivity contribution in [3.63, 3.8) is 0 Å². The molecule has 0 saturated carbocycles. The lowest BCUT2D eigenvalue weighted by atomic mass is 10.3. The lowest BCUT2D eigenvalue weighted by Gasteiger charge is -2.07. The molecule has 18 heavy (non-hydrogen) atoms. The lowest BCUT2D eigenvalue weighted by Crippen LogP contribution is -2.20. The molecule has 0 spiro atoms. The van der Waals surface area contributed by atoms with Crippen LogP contribution in [0, 0.1) is 0 Å². The Morgan fingerprint density at radius 3 is 3.00 bits per heavy atom. The van der Waals surface area contributed by atoms with Crippen LogP contribution < -0.4 is 5.32 Å². The van der Waals surface area contributed by atoms with Gasteiger partial charge in [0.1, 0.15) is 0 Å². The molecular formula is C11H11BrN2O2S2. The van der Waals surface area contributed by atoms with Crippen LogP contribution in [0.1, 0.15) is 6.42 Å². The second-order valence-corrected chi connectivity index (χ2v) is 8.55. The van der Waals surface area contributed by atoms with Crippen molar-refractivity contribution in [2.24, 2.45) is 0 Å². The fourth-order valence-corrected chi connectivity index (χ4v) is 5.21. The van der Waals surface area contributed by atoms with Gasteiger partial charge in [0.25, 0.3) is 0 Å². The van der Waals surface area contributed by atoms with Crippen molar-refractivity contribution < 1.29 is 8.42 Å². The first-order valence-electron chi connectivity index (χ1n) is 5.55. The highest BCUT2D eigenvalue weighted by Gasteiger charge is 2.28. The van der Waals surface area contributed by atoms with Crippen LogP contribution in [0.4, 0.5) is 5.13 Å². The monoisotopic (exact) mass is 346 g/mol. The zero-order valence-electron chi connectivity index (χ0n) is 9.39. The predicted octanol–water partition coefficient (Wildman–Crippen LogP) is 2.66. The normalized spacial score (nSPS) is 22.4. The number of aromatic nitrogens is 1. The molecule has 1 aliphatic heterocycles. The minimum Gasteiger partial charge on any atom is -0.358 e. The number of rotatable bonds is 2. The van der Waals surface area contributed by atoms with Crippen molar-refractivity contribution in [1.29, 1.82) is 0 Å². The summed E-state index contributed by atoms with van der Waals surface area (Å²) in [5.74, 6) is 0.494. The number of sulfone groups is 1. The topological polar surface area (TPSA) is 59.1 Å². The Bertz CT molecular complexity index is 696. The molecule has 1 fully saturated rings. The molecule has 1 saturated heterocycles. The van der Waals surface area contributed by atoms with Gasteiger partial charge in [-0.2, -0.15) is 0 Å². The summed E-state index contributed by atoms with van der Waals surface area (Å²) in [4.78, 5) is 4.46. The quantitative estimate of drug-likeness (QED) is 0.907. The first-order valence-corrected chi connectivity index (χ1v) is 8.98. The largest absolute Gasteiger partial charge is 0.358 e. The molecule has 2 aromatic rings. The summed E-state index contributed by atoms with van der Waals surface area (Å²) in [7, 11) is -2.85. The molecule has 1 atom stereocenters. The number of benzene rings is 1. The molecule has 0 radical (unpaired) electrons. The van der Waals surface area contributed by atoms with Gasteiger partial charge >= 0.3 is 0 Å². The molecule has 7 heteroatoms. The van der Waals surface area contributed by atoms with Crippen LogP contribution in [0.2, 0.25) is 0 Å². The van der Waals surface area contributed by atoms with E-state index >= 15 is 0 Å². The summed E-state index contributed by atoms with van der Waals surface area (Å²) in [6.45, 7) is 0. The highest BCUT2D eigenvalue weighted by molar-refractivity contribution is 9.10. The third kappa shape index (κ3) is 2.53. The third-order valence-corrected chi connectivity index (χ3v) is 6.12. The van der Waals surface area contributed by atoms with E-state index in [0.29, 0.717) is 6.42 Å². The molecule has 96 valence electrons. The summed E-state index contributed by atoms with van der Waals surface area (Å²) in [5, 5.41) is 4.01. The van der Waals surface area contributed by atoms with Crippen LogP contribution in [0.15, 0.2) is 22.7 Å². The molecule has 1 aliphatic rings. The Kier molecular flexibility index (Phi) is 3.07. The van der Waals surface area contributed by atoms with Crippen LogP contribution >= 0.6 is 27.3 Å². The summed E-state index contributed by atoms with van der Waals surface area (Å²) >= 11 is 4.98. The number of nitrogens with one attached hydrogen (secondary N) is 1. The van der Waals surface area contributed by atoms with Crippen LogP contribution in [0.5, 0.6) is 0 Å².